The van der Waals surface area contributed by atoms with Crippen LogP contribution in [0.25, 0.3) is 0 Å². The van der Waals surface area contributed by atoms with Crippen molar-refractivity contribution in [3.8, 4) is 0 Å². The van der Waals surface area contributed by atoms with E-state index in [0.717, 1.165) is 17.0 Å². The summed E-state index contributed by atoms with van der Waals surface area (Å²) in [6.07, 6.45) is 2.31. The average molecular weight is 394 g/mol. The Hall–Kier alpha value is -2.09. The van der Waals surface area contributed by atoms with E-state index in [-0.39, 0.29) is 4.21 Å². The molecule has 0 bridgehead atoms. The molecule has 0 atom stereocenters. The summed E-state index contributed by atoms with van der Waals surface area (Å²) in [6, 6.07) is 14.4. The molecule has 0 aliphatic heterocycles. The van der Waals surface area contributed by atoms with Gasteiger partial charge in [-0.2, -0.15) is 0 Å². The summed E-state index contributed by atoms with van der Waals surface area (Å²) in [7, 11) is -3.54. The molecule has 3 rings (SSSR count). The van der Waals surface area contributed by atoms with E-state index >= 15 is 0 Å². The molecule has 25 heavy (non-hydrogen) atoms. The summed E-state index contributed by atoms with van der Waals surface area (Å²) < 4.78 is 27.1. The number of thiophene rings is 1. The van der Waals surface area contributed by atoms with Crippen molar-refractivity contribution in [2.45, 2.75) is 10.6 Å². The number of pyridine rings is 1. The number of hydrogen-bond donors (Lipinski definition) is 2. The Morgan fingerprint density at radius 1 is 1.12 bits per heavy atom. The quantitative estimate of drug-likeness (QED) is 0.629. The summed E-state index contributed by atoms with van der Waals surface area (Å²) in [5.74, 6) is 0.682. The summed E-state index contributed by atoms with van der Waals surface area (Å²) in [4.78, 5) is 4.23. The number of halogens is 1. The van der Waals surface area contributed by atoms with E-state index in [9.17, 15) is 8.42 Å². The van der Waals surface area contributed by atoms with Gasteiger partial charge in [0.1, 0.15) is 10.0 Å². The molecule has 130 valence electrons. The van der Waals surface area contributed by atoms with Crippen LogP contribution in [0.5, 0.6) is 0 Å². The molecule has 0 saturated carbocycles. The summed E-state index contributed by atoms with van der Waals surface area (Å²) >= 11 is 7.13. The standard InChI is InChI=1S/C17H16ClN3O2S2/c18-14-4-1-3-13(11-14)8-9-19-16-7-6-15(12-20-16)21-25(22,23)17-5-2-10-24-17/h1-7,10-12,21H,8-9H2,(H,19,20). The molecule has 8 heteroatoms. The third kappa shape index (κ3) is 4.94. The number of hydrogen-bond acceptors (Lipinski definition) is 5. The second-order valence-electron chi connectivity index (χ2n) is 5.28. The normalized spacial score (nSPS) is 11.2. The summed E-state index contributed by atoms with van der Waals surface area (Å²) in [6.45, 7) is 0.702. The highest BCUT2D eigenvalue weighted by Crippen LogP contribution is 2.20. The smallest absolute Gasteiger partial charge is 0.271 e. The molecule has 2 N–H and O–H groups in total. The van der Waals surface area contributed by atoms with Gasteiger partial charge in [0.15, 0.2) is 0 Å². The predicted molar refractivity (Wildman–Crippen MR) is 103 cm³/mol. The molecule has 0 aliphatic rings. The van der Waals surface area contributed by atoms with Gasteiger partial charge in [0.2, 0.25) is 0 Å². The van der Waals surface area contributed by atoms with Crippen LogP contribution in [0.15, 0.2) is 64.3 Å². The van der Waals surface area contributed by atoms with Crippen LogP contribution in [0.1, 0.15) is 5.56 Å². The molecule has 0 spiro atoms. The van der Waals surface area contributed by atoms with Crippen molar-refractivity contribution >= 4 is 44.5 Å². The number of nitrogens with one attached hydrogen (secondary N) is 2. The largest absolute Gasteiger partial charge is 0.370 e. The lowest BCUT2D eigenvalue weighted by Gasteiger charge is -2.08. The van der Waals surface area contributed by atoms with Crippen LogP contribution in [-0.2, 0) is 16.4 Å². The molecule has 0 aliphatic carbocycles. The third-order valence-corrected chi connectivity index (χ3v) is 6.40. The maximum Gasteiger partial charge on any atom is 0.271 e. The number of benzene rings is 1. The zero-order chi connectivity index (χ0) is 17.7. The second-order valence-corrected chi connectivity index (χ2v) is 8.57. The van der Waals surface area contributed by atoms with Gasteiger partial charge in [-0.05, 0) is 47.7 Å². The van der Waals surface area contributed by atoms with Gasteiger partial charge in [0.05, 0.1) is 11.9 Å². The summed E-state index contributed by atoms with van der Waals surface area (Å²) in [5.41, 5.74) is 1.56. The Labute approximate surface area is 155 Å². The topological polar surface area (TPSA) is 71.1 Å². The molecule has 0 unspecified atom stereocenters. The van der Waals surface area contributed by atoms with Crippen molar-refractivity contribution < 1.29 is 8.42 Å². The Kier molecular flexibility index (Phi) is 5.57. The van der Waals surface area contributed by atoms with E-state index in [2.05, 4.69) is 15.0 Å². The van der Waals surface area contributed by atoms with Gasteiger partial charge in [-0.15, -0.1) is 11.3 Å². The lowest BCUT2D eigenvalue weighted by Crippen LogP contribution is -2.12. The van der Waals surface area contributed by atoms with Gasteiger partial charge in [0, 0.05) is 11.6 Å². The highest BCUT2D eigenvalue weighted by Gasteiger charge is 2.15. The van der Waals surface area contributed by atoms with Crippen molar-refractivity contribution in [1.82, 2.24) is 4.98 Å². The van der Waals surface area contributed by atoms with Gasteiger partial charge in [-0.1, -0.05) is 29.8 Å². The first-order valence-corrected chi connectivity index (χ1v) is 10.3. The first kappa shape index (κ1) is 17.7. The molecule has 5 nitrogen and oxygen atoms in total. The van der Waals surface area contributed by atoms with E-state index in [0.29, 0.717) is 18.1 Å². The van der Waals surface area contributed by atoms with Crippen molar-refractivity contribution in [1.29, 1.82) is 0 Å². The highest BCUT2D eigenvalue weighted by molar-refractivity contribution is 7.94. The number of nitrogens with zero attached hydrogens (tertiary/aromatic N) is 1. The van der Waals surface area contributed by atoms with Gasteiger partial charge in [-0.3, -0.25) is 4.72 Å². The Bertz CT molecular complexity index is 927. The van der Waals surface area contributed by atoms with Crippen LogP contribution in [0.4, 0.5) is 11.5 Å². The third-order valence-electron chi connectivity index (χ3n) is 3.38. The van der Waals surface area contributed by atoms with E-state index in [4.69, 9.17) is 11.6 Å². The molecule has 2 heterocycles. The van der Waals surface area contributed by atoms with E-state index < -0.39 is 10.0 Å². The zero-order valence-corrected chi connectivity index (χ0v) is 15.5. The van der Waals surface area contributed by atoms with Crippen LogP contribution in [0.2, 0.25) is 5.02 Å². The molecule has 0 fully saturated rings. The van der Waals surface area contributed by atoms with E-state index in [1.165, 1.54) is 17.5 Å². The minimum absolute atomic E-state index is 0.274. The minimum atomic E-state index is -3.54. The Balaban J connectivity index is 1.55. The second kappa shape index (κ2) is 7.86. The molecule has 0 radical (unpaired) electrons. The molecule has 1 aromatic carbocycles. The monoisotopic (exact) mass is 393 g/mol. The number of anilines is 2. The van der Waals surface area contributed by atoms with Crippen molar-refractivity contribution in [3.05, 3.63) is 70.7 Å². The van der Waals surface area contributed by atoms with Crippen LogP contribution >= 0.6 is 22.9 Å². The van der Waals surface area contributed by atoms with Gasteiger partial charge in [-0.25, -0.2) is 13.4 Å². The van der Waals surface area contributed by atoms with E-state index in [1.54, 1.807) is 29.6 Å². The number of rotatable bonds is 7. The van der Waals surface area contributed by atoms with E-state index in [1.807, 2.05) is 24.3 Å². The van der Waals surface area contributed by atoms with Gasteiger partial charge in [0.25, 0.3) is 10.0 Å². The van der Waals surface area contributed by atoms with Crippen LogP contribution in [-0.4, -0.2) is 19.9 Å². The Morgan fingerprint density at radius 2 is 2.00 bits per heavy atom. The van der Waals surface area contributed by atoms with Crippen LogP contribution < -0.4 is 10.0 Å². The highest BCUT2D eigenvalue weighted by atomic mass is 35.5. The molecule has 2 aromatic heterocycles. The zero-order valence-electron chi connectivity index (χ0n) is 13.1. The molecule has 0 saturated heterocycles. The van der Waals surface area contributed by atoms with Crippen LogP contribution in [0.3, 0.4) is 0 Å². The van der Waals surface area contributed by atoms with Gasteiger partial charge >= 0.3 is 0 Å². The lowest BCUT2D eigenvalue weighted by molar-refractivity contribution is 0.603. The number of sulfonamides is 1. The van der Waals surface area contributed by atoms with Gasteiger partial charge < -0.3 is 5.32 Å². The maximum atomic E-state index is 12.1. The maximum absolute atomic E-state index is 12.1. The first-order valence-electron chi connectivity index (χ1n) is 7.54. The average Bonchev–Trinajstić information content (AvgIpc) is 3.12. The molecular formula is C17H16ClN3O2S2. The molecular weight excluding hydrogens is 378 g/mol. The number of aromatic nitrogens is 1. The predicted octanol–water partition coefficient (Wildman–Crippen LogP) is 4.25. The first-order chi connectivity index (χ1) is 12.0. The fourth-order valence-corrected chi connectivity index (χ4v) is 4.46. The molecule has 3 aromatic rings. The minimum Gasteiger partial charge on any atom is -0.370 e. The molecule has 0 amide bonds. The lowest BCUT2D eigenvalue weighted by atomic mass is 10.1. The van der Waals surface area contributed by atoms with Crippen molar-refractivity contribution in [3.63, 3.8) is 0 Å². The fourth-order valence-electron chi connectivity index (χ4n) is 2.21. The van der Waals surface area contributed by atoms with Crippen molar-refractivity contribution in [2.75, 3.05) is 16.6 Å². The SMILES string of the molecule is O=S(=O)(Nc1ccc(NCCc2cccc(Cl)c2)nc1)c1cccs1. The fraction of sp³-hybridized carbons (Fsp3) is 0.118. The van der Waals surface area contributed by atoms with Crippen LogP contribution in [0, 0.1) is 0 Å². The van der Waals surface area contributed by atoms with Crippen molar-refractivity contribution in [2.24, 2.45) is 0 Å². The summed E-state index contributed by atoms with van der Waals surface area (Å²) in [5, 5.41) is 5.64. The Morgan fingerprint density at radius 3 is 2.68 bits per heavy atom.